The predicted octanol–water partition coefficient (Wildman–Crippen LogP) is 4.76. The molecule has 0 aliphatic carbocycles. The van der Waals surface area contributed by atoms with Crippen LogP contribution in [0, 0.1) is 0 Å². The second kappa shape index (κ2) is 7.19. The quantitative estimate of drug-likeness (QED) is 0.800. The number of aliphatic hydroxyl groups excluding tert-OH is 1. The average Bonchev–Trinajstić information content (AvgIpc) is 2.45. The molecule has 0 fully saturated rings. The summed E-state index contributed by atoms with van der Waals surface area (Å²) in [7, 11) is 0. The zero-order valence-electron chi connectivity index (χ0n) is 10.6. The van der Waals surface area contributed by atoms with Gasteiger partial charge in [0.15, 0.2) is 0 Å². The zero-order valence-corrected chi connectivity index (χ0v) is 12.8. The molecule has 0 heterocycles. The first-order valence-corrected chi connectivity index (χ1v) is 7.20. The van der Waals surface area contributed by atoms with Crippen molar-refractivity contribution in [1.82, 2.24) is 0 Å². The summed E-state index contributed by atoms with van der Waals surface area (Å²) < 4.78 is 5.65. The lowest BCUT2D eigenvalue weighted by Gasteiger charge is -2.11. The Labute approximate surface area is 132 Å². The second-order valence-electron chi connectivity index (χ2n) is 4.23. The minimum atomic E-state index is 0.133. The van der Waals surface area contributed by atoms with Gasteiger partial charge in [0.2, 0.25) is 0 Å². The lowest BCUT2D eigenvalue weighted by atomic mass is 10.1. The van der Waals surface area contributed by atoms with Crippen molar-refractivity contribution in [3.05, 3.63) is 62.6 Å². The highest BCUT2D eigenvalue weighted by Gasteiger charge is 2.10. The molecule has 0 saturated carbocycles. The number of halogens is 3. The highest BCUT2D eigenvalue weighted by Crippen LogP contribution is 2.32. The van der Waals surface area contributed by atoms with Crippen LogP contribution in [0.1, 0.15) is 11.1 Å². The first-order chi connectivity index (χ1) is 9.61. The number of benzene rings is 2. The topological polar surface area (TPSA) is 29.5 Å². The molecule has 0 radical (unpaired) electrons. The third-order valence-corrected chi connectivity index (χ3v) is 4.04. The predicted molar refractivity (Wildman–Crippen MR) is 83.0 cm³/mol. The van der Waals surface area contributed by atoms with E-state index in [1.165, 1.54) is 0 Å². The van der Waals surface area contributed by atoms with Crippen molar-refractivity contribution in [2.45, 2.75) is 13.0 Å². The van der Waals surface area contributed by atoms with Crippen molar-refractivity contribution >= 4 is 34.8 Å². The van der Waals surface area contributed by atoms with Gasteiger partial charge < -0.3 is 9.84 Å². The standard InChI is InChI=1S/C15H13Cl3O2/c16-13-5-6-14(17)15(18)12(13)9-20-11-3-1-10(2-4-11)7-8-19/h1-6,19H,7-9H2. The lowest BCUT2D eigenvalue weighted by Crippen LogP contribution is -1.98. The third kappa shape index (κ3) is 3.80. The first kappa shape index (κ1) is 15.5. The second-order valence-corrected chi connectivity index (χ2v) is 5.42. The Morgan fingerprint density at radius 1 is 0.900 bits per heavy atom. The molecule has 0 unspecified atom stereocenters. The summed E-state index contributed by atoms with van der Waals surface area (Å²) in [6.45, 7) is 0.380. The number of aliphatic hydroxyl groups is 1. The number of hydrogen-bond acceptors (Lipinski definition) is 2. The van der Waals surface area contributed by atoms with Crippen LogP contribution in [0.15, 0.2) is 36.4 Å². The fourth-order valence-corrected chi connectivity index (χ4v) is 2.40. The van der Waals surface area contributed by atoms with Crippen molar-refractivity contribution in [3.63, 3.8) is 0 Å². The Hall–Kier alpha value is -0.930. The Bertz CT molecular complexity index is 582. The number of hydrogen-bond donors (Lipinski definition) is 1. The van der Waals surface area contributed by atoms with Gasteiger partial charge in [-0.25, -0.2) is 0 Å². The van der Waals surface area contributed by atoms with Crippen LogP contribution in [-0.4, -0.2) is 11.7 Å². The monoisotopic (exact) mass is 330 g/mol. The summed E-state index contributed by atoms with van der Waals surface area (Å²) in [6, 6.07) is 10.9. The maximum atomic E-state index is 8.86. The molecule has 2 aromatic rings. The molecule has 0 bridgehead atoms. The molecular weight excluding hydrogens is 319 g/mol. The number of ether oxygens (including phenoxy) is 1. The van der Waals surface area contributed by atoms with Crippen molar-refractivity contribution in [1.29, 1.82) is 0 Å². The van der Waals surface area contributed by atoms with Crippen molar-refractivity contribution in [2.75, 3.05) is 6.61 Å². The van der Waals surface area contributed by atoms with E-state index in [1.54, 1.807) is 12.1 Å². The largest absolute Gasteiger partial charge is 0.489 e. The van der Waals surface area contributed by atoms with Crippen LogP contribution in [0.2, 0.25) is 15.1 Å². The molecule has 1 N–H and O–H groups in total. The van der Waals surface area contributed by atoms with E-state index in [0.717, 1.165) is 5.56 Å². The average molecular weight is 332 g/mol. The minimum Gasteiger partial charge on any atom is -0.489 e. The lowest BCUT2D eigenvalue weighted by molar-refractivity contribution is 0.298. The Morgan fingerprint density at radius 2 is 1.55 bits per heavy atom. The van der Waals surface area contributed by atoms with Crippen LogP contribution >= 0.6 is 34.8 Å². The summed E-state index contributed by atoms with van der Waals surface area (Å²) in [5.74, 6) is 0.707. The van der Waals surface area contributed by atoms with E-state index in [2.05, 4.69) is 0 Å². The fourth-order valence-electron chi connectivity index (χ4n) is 1.74. The molecule has 0 aromatic heterocycles. The molecule has 0 spiro atoms. The third-order valence-electron chi connectivity index (χ3n) is 2.85. The molecule has 106 valence electrons. The molecule has 20 heavy (non-hydrogen) atoms. The van der Waals surface area contributed by atoms with E-state index in [4.69, 9.17) is 44.6 Å². The smallest absolute Gasteiger partial charge is 0.119 e. The van der Waals surface area contributed by atoms with Gasteiger partial charge in [-0.3, -0.25) is 0 Å². The molecule has 0 amide bonds. The van der Waals surface area contributed by atoms with Gasteiger partial charge in [-0.05, 0) is 36.2 Å². The van der Waals surface area contributed by atoms with Crippen molar-refractivity contribution in [2.24, 2.45) is 0 Å². The molecule has 2 aromatic carbocycles. The van der Waals surface area contributed by atoms with Gasteiger partial charge in [-0.2, -0.15) is 0 Å². The molecule has 5 heteroatoms. The highest BCUT2D eigenvalue weighted by molar-refractivity contribution is 6.44. The number of rotatable bonds is 5. The van der Waals surface area contributed by atoms with Crippen molar-refractivity contribution < 1.29 is 9.84 Å². The van der Waals surface area contributed by atoms with E-state index >= 15 is 0 Å². The van der Waals surface area contributed by atoms with E-state index in [0.29, 0.717) is 32.8 Å². The van der Waals surface area contributed by atoms with Gasteiger partial charge in [0.1, 0.15) is 12.4 Å². The molecule has 0 atom stereocenters. The molecule has 0 aliphatic heterocycles. The van der Waals surface area contributed by atoms with Gasteiger partial charge in [0.25, 0.3) is 0 Å². The maximum Gasteiger partial charge on any atom is 0.119 e. The summed E-state index contributed by atoms with van der Waals surface area (Å²) in [4.78, 5) is 0. The Morgan fingerprint density at radius 3 is 2.20 bits per heavy atom. The van der Waals surface area contributed by atoms with Gasteiger partial charge in [0, 0.05) is 17.2 Å². The Kier molecular flexibility index (Phi) is 5.55. The highest BCUT2D eigenvalue weighted by atomic mass is 35.5. The molecule has 0 saturated heterocycles. The SMILES string of the molecule is OCCc1ccc(OCc2c(Cl)ccc(Cl)c2Cl)cc1. The summed E-state index contributed by atoms with van der Waals surface area (Å²) in [5.41, 5.74) is 1.72. The molecular formula is C15H13Cl3O2. The normalized spacial score (nSPS) is 10.6. The summed E-state index contributed by atoms with van der Waals surface area (Å²) in [6.07, 6.45) is 0.631. The van der Waals surface area contributed by atoms with E-state index < -0.39 is 0 Å². The van der Waals surface area contributed by atoms with Crippen molar-refractivity contribution in [3.8, 4) is 5.75 Å². The molecule has 2 rings (SSSR count). The van der Waals surface area contributed by atoms with Crippen LogP contribution < -0.4 is 4.74 Å². The molecule has 2 nitrogen and oxygen atoms in total. The molecule has 0 aliphatic rings. The summed E-state index contributed by atoms with van der Waals surface area (Å²) in [5, 5.41) is 10.2. The van der Waals surface area contributed by atoms with Crippen LogP contribution in [0.5, 0.6) is 5.75 Å². The Balaban J connectivity index is 2.07. The summed E-state index contributed by atoms with van der Waals surface area (Å²) >= 11 is 18.1. The zero-order chi connectivity index (χ0) is 14.5. The van der Waals surface area contributed by atoms with Crippen LogP contribution in [0.4, 0.5) is 0 Å². The van der Waals surface area contributed by atoms with E-state index in [9.17, 15) is 0 Å². The van der Waals surface area contributed by atoms with Gasteiger partial charge in [-0.1, -0.05) is 46.9 Å². The fraction of sp³-hybridized carbons (Fsp3) is 0.200. The van der Waals surface area contributed by atoms with E-state index in [1.807, 2.05) is 24.3 Å². The van der Waals surface area contributed by atoms with Crippen LogP contribution in [0.3, 0.4) is 0 Å². The maximum absolute atomic E-state index is 8.86. The van der Waals surface area contributed by atoms with Gasteiger partial charge in [0.05, 0.1) is 10.0 Å². The minimum absolute atomic E-state index is 0.133. The van der Waals surface area contributed by atoms with Gasteiger partial charge in [-0.15, -0.1) is 0 Å². The van der Waals surface area contributed by atoms with Crippen LogP contribution in [0.25, 0.3) is 0 Å². The first-order valence-electron chi connectivity index (χ1n) is 6.07. The van der Waals surface area contributed by atoms with E-state index in [-0.39, 0.29) is 13.2 Å². The van der Waals surface area contributed by atoms with Gasteiger partial charge >= 0.3 is 0 Å². The van der Waals surface area contributed by atoms with Crippen LogP contribution in [-0.2, 0) is 13.0 Å².